The van der Waals surface area contributed by atoms with Gasteiger partial charge in [-0.2, -0.15) is 5.10 Å². The molecule has 1 atom stereocenters. The lowest BCUT2D eigenvalue weighted by Gasteiger charge is -2.13. The van der Waals surface area contributed by atoms with E-state index in [1.807, 2.05) is 61.5 Å². The number of hydrazone groups is 1. The lowest BCUT2D eigenvalue weighted by Crippen LogP contribution is -2.33. The van der Waals surface area contributed by atoms with E-state index in [9.17, 15) is 4.79 Å². The smallest absolute Gasteiger partial charge is 0.280 e. The van der Waals surface area contributed by atoms with Gasteiger partial charge in [-0.25, -0.2) is 5.43 Å². The first-order valence-corrected chi connectivity index (χ1v) is 8.48. The van der Waals surface area contributed by atoms with Crippen LogP contribution in [-0.2, 0) is 4.79 Å². The van der Waals surface area contributed by atoms with Gasteiger partial charge < -0.3 is 4.74 Å². The zero-order valence-corrected chi connectivity index (χ0v) is 14.3. The van der Waals surface area contributed by atoms with Crippen LogP contribution in [-0.4, -0.2) is 18.2 Å². The number of fused-ring (bicyclic) bond motifs is 1. The Labute approximate surface area is 144 Å². The maximum Gasteiger partial charge on any atom is 0.280 e. The Morgan fingerprint density at radius 2 is 1.96 bits per heavy atom. The molecule has 2 aromatic carbocycles. The molecular formula is C19H18N2O2S. The molecule has 1 aromatic heterocycles. The molecule has 0 saturated carbocycles. The molecular weight excluding hydrogens is 320 g/mol. The molecule has 0 fully saturated rings. The van der Waals surface area contributed by atoms with E-state index in [1.165, 1.54) is 4.88 Å². The van der Waals surface area contributed by atoms with Crippen molar-refractivity contribution in [3.05, 3.63) is 64.4 Å². The second-order valence-corrected chi connectivity index (χ2v) is 6.77. The monoisotopic (exact) mass is 338 g/mol. The molecule has 24 heavy (non-hydrogen) atoms. The summed E-state index contributed by atoms with van der Waals surface area (Å²) in [5, 5.41) is 6.19. The quantitative estimate of drug-likeness (QED) is 0.562. The number of thiophene rings is 1. The fourth-order valence-corrected chi connectivity index (χ4v) is 3.02. The van der Waals surface area contributed by atoms with Gasteiger partial charge in [0, 0.05) is 9.75 Å². The first-order chi connectivity index (χ1) is 11.6. The molecule has 1 N–H and O–H groups in total. The minimum Gasteiger partial charge on any atom is -0.481 e. The van der Waals surface area contributed by atoms with Crippen molar-refractivity contribution in [3.8, 4) is 5.75 Å². The molecule has 3 aromatic rings. The molecule has 1 heterocycles. The van der Waals surface area contributed by atoms with Gasteiger partial charge in [-0.3, -0.25) is 4.79 Å². The van der Waals surface area contributed by atoms with Crippen molar-refractivity contribution in [2.45, 2.75) is 20.0 Å². The summed E-state index contributed by atoms with van der Waals surface area (Å²) in [6, 6.07) is 17.8. The number of carbonyl (C=O) groups is 1. The third-order valence-electron chi connectivity index (χ3n) is 3.53. The SMILES string of the molecule is Cc1ccc(/C=N\NC(=O)[C@H](C)Oc2ccc3ccccc3c2)s1. The first kappa shape index (κ1) is 16.2. The number of carbonyl (C=O) groups excluding carboxylic acids is 1. The van der Waals surface area contributed by atoms with Crippen molar-refractivity contribution in [2.24, 2.45) is 5.10 Å². The summed E-state index contributed by atoms with van der Waals surface area (Å²) in [7, 11) is 0. The lowest BCUT2D eigenvalue weighted by atomic mass is 10.1. The molecule has 3 rings (SSSR count). The molecule has 5 heteroatoms. The van der Waals surface area contributed by atoms with E-state index in [-0.39, 0.29) is 5.91 Å². The average molecular weight is 338 g/mol. The van der Waals surface area contributed by atoms with Crippen LogP contribution in [0.5, 0.6) is 5.75 Å². The van der Waals surface area contributed by atoms with Gasteiger partial charge in [0.2, 0.25) is 0 Å². The van der Waals surface area contributed by atoms with Crippen molar-refractivity contribution in [2.75, 3.05) is 0 Å². The molecule has 0 spiro atoms. The van der Waals surface area contributed by atoms with E-state index in [2.05, 4.69) is 10.5 Å². The van der Waals surface area contributed by atoms with E-state index in [1.54, 1.807) is 24.5 Å². The number of hydrogen-bond acceptors (Lipinski definition) is 4. The molecule has 0 aliphatic carbocycles. The van der Waals surface area contributed by atoms with Gasteiger partial charge in [-0.05, 0) is 48.9 Å². The van der Waals surface area contributed by atoms with Crippen LogP contribution in [0.4, 0.5) is 0 Å². The summed E-state index contributed by atoms with van der Waals surface area (Å²) in [5.41, 5.74) is 2.51. The lowest BCUT2D eigenvalue weighted by molar-refractivity contribution is -0.127. The number of benzene rings is 2. The van der Waals surface area contributed by atoms with Crippen LogP contribution in [0.15, 0.2) is 59.7 Å². The number of aryl methyl sites for hydroxylation is 1. The van der Waals surface area contributed by atoms with Crippen LogP contribution in [0.25, 0.3) is 10.8 Å². The Hall–Kier alpha value is -2.66. The van der Waals surface area contributed by atoms with Gasteiger partial charge in [0.1, 0.15) is 5.75 Å². The van der Waals surface area contributed by atoms with E-state index in [0.29, 0.717) is 5.75 Å². The fraction of sp³-hybridized carbons (Fsp3) is 0.158. The summed E-state index contributed by atoms with van der Waals surface area (Å²) in [6.07, 6.45) is 1.01. The third-order valence-corrected chi connectivity index (χ3v) is 4.47. The van der Waals surface area contributed by atoms with E-state index < -0.39 is 6.10 Å². The zero-order valence-electron chi connectivity index (χ0n) is 13.5. The summed E-state index contributed by atoms with van der Waals surface area (Å²) < 4.78 is 5.71. The Balaban J connectivity index is 1.59. The Bertz CT molecular complexity index is 886. The summed E-state index contributed by atoms with van der Waals surface area (Å²) >= 11 is 1.62. The second-order valence-electron chi connectivity index (χ2n) is 5.45. The van der Waals surface area contributed by atoms with Gasteiger partial charge in [-0.15, -0.1) is 11.3 Å². The maximum absolute atomic E-state index is 12.1. The molecule has 0 saturated heterocycles. The molecule has 0 unspecified atom stereocenters. The standard InChI is InChI=1S/C19H18N2O2S/c1-13-7-10-18(24-13)12-20-21-19(22)14(2)23-17-9-8-15-5-3-4-6-16(15)11-17/h3-12,14H,1-2H3,(H,21,22)/b20-12-/t14-/m0/s1. The number of ether oxygens (including phenoxy) is 1. The molecule has 4 nitrogen and oxygen atoms in total. The summed E-state index contributed by atoms with van der Waals surface area (Å²) in [6.45, 7) is 3.73. The Morgan fingerprint density at radius 3 is 2.71 bits per heavy atom. The molecule has 0 aliphatic rings. The van der Waals surface area contributed by atoms with E-state index >= 15 is 0 Å². The number of nitrogens with zero attached hydrogens (tertiary/aromatic N) is 1. The predicted molar refractivity (Wildman–Crippen MR) is 98.8 cm³/mol. The number of nitrogens with one attached hydrogen (secondary N) is 1. The zero-order chi connectivity index (χ0) is 16.9. The summed E-state index contributed by atoms with van der Waals surface area (Å²) in [5.74, 6) is 0.377. The molecule has 0 radical (unpaired) electrons. The van der Waals surface area contributed by atoms with Crippen molar-refractivity contribution < 1.29 is 9.53 Å². The summed E-state index contributed by atoms with van der Waals surface area (Å²) in [4.78, 5) is 14.3. The van der Waals surface area contributed by atoms with Crippen molar-refractivity contribution in [1.82, 2.24) is 5.43 Å². The first-order valence-electron chi connectivity index (χ1n) is 7.66. The fourth-order valence-electron chi connectivity index (χ4n) is 2.27. The van der Waals surface area contributed by atoms with E-state index in [0.717, 1.165) is 15.6 Å². The topological polar surface area (TPSA) is 50.7 Å². The predicted octanol–water partition coefficient (Wildman–Crippen LogP) is 4.13. The van der Waals surface area contributed by atoms with Crippen LogP contribution in [0.1, 0.15) is 16.7 Å². The Morgan fingerprint density at radius 1 is 1.17 bits per heavy atom. The number of hydrogen-bond donors (Lipinski definition) is 1. The molecule has 1 amide bonds. The normalized spacial score (nSPS) is 12.4. The Kier molecular flexibility index (Phi) is 4.91. The van der Waals surface area contributed by atoms with Crippen molar-refractivity contribution >= 4 is 34.2 Å². The highest BCUT2D eigenvalue weighted by Gasteiger charge is 2.14. The second kappa shape index (κ2) is 7.27. The van der Waals surface area contributed by atoms with Crippen LogP contribution >= 0.6 is 11.3 Å². The van der Waals surface area contributed by atoms with Crippen LogP contribution in [0.2, 0.25) is 0 Å². The third kappa shape index (κ3) is 4.00. The van der Waals surface area contributed by atoms with E-state index in [4.69, 9.17) is 4.74 Å². The highest BCUT2D eigenvalue weighted by molar-refractivity contribution is 7.13. The highest BCUT2D eigenvalue weighted by Crippen LogP contribution is 2.21. The maximum atomic E-state index is 12.1. The van der Waals surface area contributed by atoms with Gasteiger partial charge in [0.05, 0.1) is 6.21 Å². The number of amides is 1. The highest BCUT2D eigenvalue weighted by atomic mass is 32.1. The van der Waals surface area contributed by atoms with Crippen LogP contribution in [0.3, 0.4) is 0 Å². The number of rotatable bonds is 5. The largest absolute Gasteiger partial charge is 0.481 e. The molecule has 0 bridgehead atoms. The van der Waals surface area contributed by atoms with Crippen molar-refractivity contribution in [1.29, 1.82) is 0 Å². The van der Waals surface area contributed by atoms with Crippen LogP contribution in [0, 0.1) is 6.92 Å². The van der Waals surface area contributed by atoms with Gasteiger partial charge >= 0.3 is 0 Å². The van der Waals surface area contributed by atoms with Gasteiger partial charge in [0.25, 0.3) is 5.91 Å². The van der Waals surface area contributed by atoms with Crippen molar-refractivity contribution in [3.63, 3.8) is 0 Å². The van der Waals surface area contributed by atoms with Gasteiger partial charge in [-0.1, -0.05) is 30.3 Å². The van der Waals surface area contributed by atoms with Gasteiger partial charge in [0.15, 0.2) is 6.10 Å². The molecule has 122 valence electrons. The average Bonchev–Trinajstić information content (AvgIpc) is 3.00. The minimum atomic E-state index is -0.631. The van der Waals surface area contributed by atoms with Crippen LogP contribution < -0.4 is 10.2 Å². The molecule has 0 aliphatic heterocycles. The minimum absolute atomic E-state index is 0.285.